The summed E-state index contributed by atoms with van der Waals surface area (Å²) in [7, 11) is -0.749. The number of sulfonamides is 1. The highest BCUT2D eigenvalue weighted by molar-refractivity contribution is 7.92. The molecule has 2 aromatic carbocycles. The number of carbonyl (C=O) groups excluding carboxylic acids is 1. The molecule has 0 atom stereocenters. The molecule has 0 fully saturated rings. The molecule has 140 valence electrons. The van der Waals surface area contributed by atoms with Crippen molar-refractivity contribution in [2.24, 2.45) is 0 Å². The third kappa shape index (κ3) is 4.72. The summed E-state index contributed by atoms with van der Waals surface area (Å²) in [5, 5.41) is 0. The van der Waals surface area contributed by atoms with Crippen molar-refractivity contribution in [2.75, 3.05) is 31.3 Å². The minimum absolute atomic E-state index is 0.158. The maximum Gasteiger partial charge on any atom is 0.243 e. The molecule has 0 aliphatic rings. The van der Waals surface area contributed by atoms with Crippen molar-refractivity contribution in [3.8, 4) is 5.75 Å². The topological polar surface area (TPSA) is 66.9 Å². The molecule has 8 heteroatoms. The number of anilines is 1. The second-order valence-corrected chi connectivity index (χ2v) is 7.69. The van der Waals surface area contributed by atoms with Gasteiger partial charge in [-0.05, 0) is 18.2 Å². The van der Waals surface area contributed by atoms with Gasteiger partial charge in [-0.3, -0.25) is 9.10 Å². The first-order valence-corrected chi connectivity index (χ1v) is 9.67. The lowest BCUT2D eigenvalue weighted by Crippen LogP contribution is -2.41. The normalized spacial score (nSPS) is 11.1. The highest BCUT2D eigenvalue weighted by atomic mass is 32.2. The fraction of sp³-hybridized carbons (Fsp3) is 0.278. The highest BCUT2D eigenvalue weighted by Gasteiger charge is 2.25. The van der Waals surface area contributed by atoms with E-state index in [1.165, 1.54) is 30.2 Å². The van der Waals surface area contributed by atoms with Gasteiger partial charge in [-0.1, -0.05) is 30.3 Å². The van der Waals surface area contributed by atoms with Gasteiger partial charge in [-0.25, -0.2) is 12.8 Å². The smallest absolute Gasteiger partial charge is 0.243 e. The summed E-state index contributed by atoms with van der Waals surface area (Å²) in [5.74, 6) is -0.552. The van der Waals surface area contributed by atoms with Crippen LogP contribution in [0.1, 0.15) is 5.56 Å². The molecule has 2 aromatic rings. The summed E-state index contributed by atoms with van der Waals surface area (Å²) < 4.78 is 44.2. The lowest BCUT2D eigenvalue weighted by atomic mass is 10.2. The molecular formula is C18H21FN2O4S. The summed E-state index contributed by atoms with van der Waals surface area (Å²) in [5.41, 5.74) is 0.622. The molecule has 0 aromatic heterocycles. The van der Waals surface area contributed by atoms with E-state index in [1.54, 1.807) is 13.1 Å². The zero-order valence-corrected chi connectivity index (χ0v) is 15.7. The molecule has 1 amide bonds. The summed E-state index contributed by atoms with van der Waals surface area (Å²) in [6.07, 6.45) is 0.937. The van der Waals surface area contributed by atoms with E-state index >= 15 is 0 Å². The Labute approximate surface area is 152 Å². The van der Waals surface area contributed by atoms with Crippen LogP contribution in [0.4, 0.5) is 10.1 Å². The fourth-order valence-electron chi connectivity index (χ4n) is 2.46. The monoisotopic (exact) mass is 380 g/mol. The number of nitrogens with zero attached hydrogens (tertiary/aromatic N) is 2. The van der Waals surface area contributed by atoms with E-state index in [-0.39, 0.29) is 12.2 Å². The first kappa shape index (κ1) is 19.7. The predicted octanol–water partition coefficient (Wildman–Crippen LogP) is 2.26. The van der Waals surface area contributed by atoms with Crippen LogP contribution in [-0.4, -0.2) is 46.2 Å². The number of methoxy groups -OCH3 is 1. The zero-order chi connectivity index (χ0) is 19.3. The van der Waals surface area contributed by atoms with Crippen LogP contribution in [0.3, 0.4) is 0 Å². The Morgan fingerprint density at radius 3 is 2.35 bits per heavy atom. The van der Waals surface area contributed by atoms with Gasteiger partial charge in [0, 0.05) is 19.2 Å². The maximum atomic E-state index is 14.0. The number of halogens is 1. The quantitative estimate of drug-likeness (QED) is 0.739. The van der Waals surface area contributed by atoms with Crippen molar-refractivity contribution in [2.45, 2.75) is 6.54 Å². The van der Waals surface area contributed by atoms with Crippen molar-refractivity contribution >= 4 is 21.6 Å². The largest absolute Gasteiger partial charge is 0.496 e. The molecule has 0 saturated carbocycles. The number of benzene rings is 2. The van der Waals surface area contributed by atoms with Gasteiger partial charge in [-0.2, -0.15) is 0 Å². The van der Waals surface area contributed by atoms with Gasteiger partial charge in [0.2, 0.25) is 15.9 Å². The van der Waals surface area contributed by atoms with Crippen LogP contribution in [0.15, 0.2) is 48.5 Å². The Morgan fingerprint density at radius 1 is 1.12 bits per heavy atom. The molecule has 0 heterocycles. The van der Waals surface area contributed by atoms with E-state index in [0.29, 0.717) is 5.75 Å². The highest BCUT2D eigenvalue weighted by Crippen LogP contribution is 2.22. The van der Waals surface area contributed by atoms with E-state index in [0.717, 1.165) is 22.2 Å². The molecule has 26 heavy (non-hydrogen) atoms. The molecule has 2 rings (SSSR count). The zero-order valence-electron chi connectivity index (χ0n) is 14.8. The van der Waals surface area contributed by atoms with Gasteiger partial charge in [-0.15, -0.1) is 0 Å². The summed E-state index contributed by atoms with van der Waals surface area (Å²) in [4.78, 5) is 13.9. The number of rotatable bonds is 7. The van der Waals surface area contributed by atoms with Gasteiger partial charge in [0.1, 0.15) is 18.1 Å². The average molecular weight is 380 g/mol. The standard InChI is InChI=1S/C18H21FN2O4S/c1-20(12-14-8-4-7-11-17(14)25-2)18(22)13-21(26(3,23)24)16-10-6-5-9-15(16)19/h4-11H,12-13H2,1-3H3. The van der Waals surface area contributed by atoms with Crippen LogP contribution in [0.5, 0.6) is 5.75 Å². The molecular weight excluding hydrogens is 359 g/mol. The molecule has 0 unspecified atom stereocenters. The molecule has 0 spiro atoms. The van der Waals surface area contributed by atoms with Gasteiger partial charge in [0.25, 0.3) is 0 Å². The van der Waals surface area contributed by atoms with Crippen LogP contribution in [0, 0.1) is 5.82 Å². The first-order chi connectivity index (χ1) is 12.2. The molecule has 0 bridgehead atoms. The van der Waals surface area contributed by atoms with Crippen molar-refractivity contribution in [3.63, 3.8) is 0 Å². The average Bonchev–Trinajstić information content (AvgIpc) is 2.59. The predicted molar refractivity (Wildman–Crippen MR) is 98.1 cm³/mol. The third-order valence-electron chi connectivity index (χ3n) is 3.83. The van der Waals surface area contributed by atoms with Crippen molar-refractivity contribution < 1.29 is 22.3 Å². The van der Waals surface area contributed by atoms with Crippen LogP contribution in [0.25, 0.3) is 0 Å². The van der Waals surface area contributed by atoms with Gasteiger partial charge >= 0.3 is 0 Å². The molecule has 6 nitrogen and oxygen atoms in total. The number of hydrogen-bond acceptors (Lipinski definition) is 4. The van der Waals surface area contributed by atoms with E-state index in [2.05, 4.69) is 0 Å². The Kier molecular flexibility index (Phi) is 6.20. The summed E-state index contributed by atoms with van der Waals surface area (Å²) in [6.45, 7) is -0.261. The van der Waals surface area contributed by atoms with Crippen LogP contribution in [0.2, 0.25) is 0 Å². The molecule has 0 saturated heterocycles. The SMILES string of the molecule is COc1ccccc1CN(C)C(=O)CN(c1ccccc1F)S(C)(=O)=O. The van der Waals surface area contributed by atoms with E-state index in [9.17, 15) is 17.6 Å². The van der Waals surface area contributed by atoms with E-state index in [1.807, 2.05) is 18.2 Å². The van der Waals surface area contributed by atoms with Crippen LogP contribution in [-0.2, 0) is 21.4 Å². The van der Waals surface area contributed by atoms with Gasteiger partial charge in [0.05, 0.1) is 19.1 Å². The van der Waals surface area contributed by atoms with Crippen LogP contribution < -0.4 is 9.04 Å². The Balaban J connectivity index is 2.21. The lowest BCUT2D eigenvalue weighted by molar-refractivity contribution is -0.128. The number of amides is 1. The first-order valence-electron chi connectivity index (χ1n) is 7.82. The van der Waals surface area contributed by atoms with Crippen molar-refractivity contribution in [1.29, 1.82) is 0 Å². The van der Waals surface area contributed by atoms with Crippen molar-refractivity contribution in [3.05, 3.63) is 59.9 Å². The molecule has 0 aliphatic heterocycles. The number of para-hydroxylation sites is 2. The number of likely N-dealkylation sites (N-methyl/N-ethyl adjacent to an activating group) is 1. The number of hydrogen-bond donors (Lipinski definition) is 0. The second kappa shape index (κ2) is 8.18. The minimum Gasteiger partial charge on any atom is -0.496 e. The van der Waals surface area contributed by atoms with Crippen molar-refractivity contribution in [1.82, 2.24) is 4.90 Å². The lowest BCUT2D eigenvalue weighted by Gasteiger charge is -2.25. The Hall–Kier alpha value is -2.61. The van der Waals surface area contributed by atoms with E-state index < -0.39 is 28.3 Å². The summed E-state index contributed by atoms with van der Waals surface area (Å²) >= 11 is 0. The Morgan fingerprint density at radius 2 is 1.73 bits per heavy atom. The molecule has 0 radical (unpaired) electrons. The van der Waals surface area contributed by atoms with Gasteiger partial charge < -0.3 is 9.64 Å². The van der Waals surface area contributed by atoms with E-state index in [4.69, 9.17) is 4.74 Å². The Bertz CT molecular complexity index is 886. The fourth-order valence-corrected chi connectivity index (χ4v) is 3.31. The summed E-state index contributed by atoms with van der Waals surface area (Å²) in [6, 6.07) is 12.7. The third-order valence-corrected chi connectivity index (χ3v) is 4.95. The second-order valence-electron chi connectivity index (χ2n) is 5.78. The maximum absolute atomic E-state index is 14.0. The van der Waals surface area contributed by atoms with Crippen LogP contribution >= 0.6 is 0 Å². The number of ether oxygens (including phenoxy) is 1. The van der Waals surface area contributed by atoms with Gasteiger partial charge in [0.15, 0.2) is 0 Å². The molecule has 0 aliphatic carbocycles. The number of carbonyl (C=O) groups is 1. The minimum atomic E-state index is -3.83. The molecule has 0 N–H and O–H groups in total.